The van der Waals surface area contributed by atoms with Crippen LogP contribution in [0.25, 0.3) is 48.0 Å². The normalized spacial score (nSPS) is 14.5. The Morgan fingerprint density at radius 3 is 1.81 bits per heavy atom. The average molecular weight is 968 g/mol. The number of thiophene rings is 1. The third-order valence-electron chi connectivity index (χ3n) is 16.9. The Hall–Kier alpha value is -6.82. The number of fused-ring (bicyclic) bond motifs is 12. The topological polar surface area (TPSA) is 11.4 Å². The fourth-order valence-corrected chi connectivity index (χ4v) is 14.3. The quantitative estimate of drug-likeness (QED) is 0.163. The molecule has 3 nitrogen and oxygen atoms in total. The summed E-state index contributed by atoms with van der Waals surface area (Å²) in [5, 5.41) is 3.99. The van der Waals surface area contributed by atoms with Gasteiger partial charge in [0, 0.05) is 71.5 Å². The number of hydrogen-bond acceptors (Lipinski definition) is 3. The van der Waals surface area contributed by atoms with Gasteiger partial charge in [-0.2, -0.15) is 0 Å². The molecule has 0 amide bonds. The summed E-state index contributed by atoms with van der Waals surface area (Å²) < 4.78 is 5.32. The predicted octanol–water partition coefficient (Wildman–Crippen LogP) is 17.2. The standard InChI is InChI=1S/C68H66BN3S/c1-39-33-57-61-58(34-39)72-62-49(60-63(72)48-19-15-16-22-50(48)68(60,13)14)21-17-23-52(62)69(61)51-30-28-45(38-56(51)71(57)55-24-18-20-47-46-29-25-44(67(10,11)12)37-59(46)73-64(47)55)70(53-31-26-42(35-40(53)2)65(4,5)6)54-32-27-43(36-41(54)3)66(7,8)9/h15-38H,1-14H3. The first-order valence-corrected chi connectivity index (χ1v) is 27.3. The molecule has 3 aliphatic rings. The smallest absolute Gasteiger partial charge is 0.252 e. The van der Waals surface area contributed by atoms with Crippen LogP contribution in [0.2, 0.25) is 0 Å². The van der Waals surface area contributed by atoms with Gasteiger partial charge < -0.3 is 14.4 Å². The van der Waals surface area contributed by atoms with Gasteiger partial charge in [-0.05, 0) is 146 Å². The predicted molar refractivity (Wildman–Crippen MR) is 318 cm³/mol. The summed E-state index contributed by atoms with van der Waals surface area (Å²) in [5.41, 5.74) is 27.2. The molecule has 13 rings (SSSR count). The molecule has 0 N–H and O–H groups in total. The van der Waals surface area contributed by atoms with Gasteiger partial charge in [0.05, 0.1) is 16.1 Å². The molecule has 362 valence electrons. The van der Waals surface area contributed by atoms with Crippen LogP contribution in [0.1, 0.15) is 121 Å². The number of para-hydroxylation sites is 1. The van der Waals surface area contributed by atoms with Crippen molar-refractivity contribution in [1.29, 1.82) is 0 Å². The van der Waals surface area contributed by atoms with Crippen LogP contribution >= 0.6 is 11.3 Å². The van der Waals surface area contributed by atoms with E-state index in [9.17, 15) is 0 Å². The van der Waals surface area contributed by atoms with Crippen molar-refractivity contribution in [2.24, 2.45) is 0 Å². The highest BCUT2D eigenvalue weighted by Gasteiger charge is 2.47. The lowest BCUT2D eigenvalue weighted by molar-refractivity contribution is 0.589. The lowest BCUT2D eigenvalue weighted by Crippen LogP contribution is -2.60. The van der Waals surface area contributed by atoms with E-state index >= 15 is 0 Å². The molecule has 8 aromatic carbocycles. The van der Waals surface area contributed by atoms with Crippen LogP contribution < -0.4 is 26.2 Å². The number of benzene rings is 8. The SMILES string of the molecule is Cc1cc2c3c(c1)-n1c4c(c5cccc(c51)B3c1ccc(N(c3ccc(C(C)(C)C)cc3C)c3ccc(C(C)(C)C)cc3C)cc1N2c1cccc2c1sc1cc(C(C)(C)C)ccc12)C(C)(C)c1ccccc1-4. The van der Waals surface area contributed by atoms with E-state index < -0.39 is 0 Å². The van der Waals surface area contributed by atoms with E-state index in [1.165, 1.54) is 137 Å². The zero-order valence-corrected chi connectivity index (χ0v) is 46.0. The van der Waals surface area contributed by atoms with E-state index in [2.05, 4.69) is 257 Å². The second-order valence-corrected chi connectivity index (χ2v) is 26.3. The van der Waals surface area contributed by atoms with Gasteiger partial charge >= 0.3 is 0 Å². The van der Waals surface area contributed by atoms with Crippen molar-refractivity contribution in [3.05, 3.63) is 190 Å². The van der Waals surface area contributed by atoms with Crippen molar-refractivity contribution >= 4 is 99.6 Å². The summed E-state index contributed by atoms with van der Waals surface area (Å²) in [4.78, 5) is 5.21. The van der Waals surface area contributed by atoms with Gasteiger partial charge in [-0.15, -0.1) is 11.3 Å². The average Bonchev–Trinajstić information content (AvgIpc) is 3.98. The molecule has 0 saturated carbocycles. The first-order chi connectivity index (χ1) is 34.6. The lowest BCUT2D eigenvalue weighted by atomic mass is 9.33. The summed E-state index contributed by atoms with van der Waals surface area (Å²) in [6, 6.07) is 57.2. The number of anilines is 6. The Kier molecular flexibility index (Phi) is 9.69. The molecule has 73 heavy (non-hydrogen) atoms. The van der Waals surface area contributed by atoms with Crippen molar-refractivity contribution in [3.8, 4) is 16.9 Å². The van der Waals surface area contributed by atoms with Gasteiger partial charge in [0.15, 0.2) is 0 Å². The van der Waals surface area contributed by atoms with Crippen LogP contribution in [-0.2, 0) is 21.7 Å². The molecule has 2 aliphatic heterocycles. The molecular weight excluding hydrogens is 902 g/mol. The lowest BCUT2D eigenvalue weighted by Gasteiger charge is -2.41. The number of aryl methyl sites for hydroxylation is 3. The molecule has 1 aliphatic carbocycles. The highest BCUT2D eigenvalue weighted by Crippen LogP contribution is 2.55. The van der Waals surface area contributed by atoms with Gasteiger partial charge in [-0.1, -0.05) is 173 Å². The summed E-state index contributed by atoms with van der Waals surface area (Å²) in [6.45, 7) is 32.6. The fraction of sp³-hybridized carbons (Fsp3) is 0.265. The highest BCUT2D eigenvalue weighted by atomic mass is 32.1. The molecule has 2 aromatic heterocycles. The first-order valence-electron chi connectivity index (χ1n) is 26.5. The zero-order valence-electron chi connectivity index (χ0n) is 45.2. The van der Waals surface area contributed by atoms with Crippen LogP contribution in [0.3, 0.4) is 0 Å². The first kappa shape index (κ1) is 46.0. The fourth-order valence-electron chi connectivity index (χ4n) is 13.1. The summed E-state index contributed by atoms with van der Waals surface area (Å²) >= 11 is 1.94. The van der Waals surface area contributed by atoms with Crippen LogP contribution in [0, 0.1) is 20.8 Å². The number of nitrogens with zero attached hydrogens (tertiary/aromatic N) is 3. The van der Waals surface area contributed by atoms with Crippen LogP contribution in [0.5, 0.6) is 0 Å². The van der Waals surface area contributed by atoms with Crippen LogP contribution in [0.15, 0.2) is 146 Å². The third kappa shape index (κ3) is 6.63. The molecule has 0 atom stereocenters. The van der Waals surface area contributed by atoms with Crippen LogP contribution in [0.4, 0.5) is 34.1 Å². The Morgan fingerprint density at radius 2 is 1.14 bits per heavy atom. The second kappa shape index (κ2) is 15.4. The van der Waals surface area contributed by atoms with E-state index in [0.717, 1.165) is 5.69 Å². The third-order valence-corrected chi connectivity index (χ3v) is 18.1. The van der Waals surface area contributed by atoms with E-state index in [0.29, 0.717) is 0 Å². The van der Waals surface area contributed by atoms with Gasteiger partial charge in [0.2, 0.25) is 0 Å². The van der Waals surface area contributed by atoms with Gasteiger partial charge in [0.25, 0.3) is 6.71 Å². The van der Waals surface area contributed by atoms with Crippen LogP contribution in [-0.4, -0.2) is 11.3 Å². The van der Waals surface area contributed by atoms with Crippen molar-refractivity contribution in [2.45, 2.75) is 119 Å². The van der Waals surface area contributed by atoms with Gasteiger partial charge in [-0.3, -0.25) is 0 Å². The maximum absolute atomic E-state index is 2.68. The number of rotatable bonds is 4. The Bertz CT molecular complexity index is 3940. The van der Waals surface area contributed by atoms with E-state index in [1.807, 2.05) is 11.3 Å². The largest absolute Gasteiger partial charge is 0.310 e. The summed E-state index contributed by atoms with van der Waals surface area (Å²) in [6.07, 6.45) is 0. The second-order valence-electron chi connectivity index (χ2n) is 25.3. The number of aromatic nitrogens is 1. The molecule has 10 aromatic rings. The molecule has 5 heteroatoms. The van der Waals surface area contributed by atoms with Gasteiger partial charge in [0.1, 0.15) is 0 Å². The Balaban J connectivity index is 1.13. The van der Waals surface area contributed by atoms with Crippen molar-refractivity contribution < 1.29 is 0 Å². The molecule has 0 fully saturated rings. The van der Waals surface area contributed by atoms with Crippen molar-refractivity contribution in [1.82, 2.24) is 4.57 Å². The Labute approximate surface area is 437 Å². The minimum Gasteiger partial charge on any atom is -0.310 e. The monoisotopic (exact) mass is 968 g/mol. The minimum absolute atomic E-state index is 0.0143. The van der Waals surface area contributed by atoms with Gasteiger partial charge in [-0.25, -0.2) is 0 Å². The summed E-state index contributed by atoms with van der Waals surface area (Å²) in [7, 11) is 0. The van der Waals surface area contributed by atoms with E-state index in [-0.39, 0.29) is 28.4 Å². The maximum Gasteiger partial charge on any atom is 0.252 e. The minimum atomic E-state index is -0.153. The summed E-state index contributed by atoms with van der Waals surface area (Å²) in [5.74, 6) is 0. The number of hydrogen-bond donors (Lipinski definition) is 0. The molecular formula is C68H66BN3S. The molecule has 0 unspecified atom stereocenters. The molecule has 4 heterocycles. The van der Waals surface area contributed by atoms with Crippen molar-refractivity contribution in [3.63, 3.8) is 0 Å². The maximum atomic E-state index is 2.68. The Morgan fingerprint density at radius 1 is 0.521 bits per heavy atom. The van der Waals surface area contributed by atoms with E-state index in [4.69, 9.17) is 0 Å². The van der Waals surface area contributed by atoms with E-state index in [1.54, 1.807) is 0 Å². The zero-order chi connectivity index (χ0) is 51.0. The van der Waals surface area contributed by atoms with Crippen molar-refractivity contribution in [2.75, 3.05) is 9.80 Å². The molecule has 0 radical (unpaired) electrons. The molecule has 0 bridgehead atoms. The molecule has 0 spiro atoms. The highest BCUT2D eigenvalue weighted by molar-refractivity contribution is 7.26. The molecule has 0 saturated heterocycles.